The van der Waals surface area contributed by atoms with Gasteiger partial charge in [-0.15, -0.1) is 0 Å². The molecule has 0 saturated heterocycles. The smallest absolute Gasteiger partial charge is 0.149 e. The van der Waals surface area contributed by atoms with Crippen molar-refractivity contribution in [3.05, 3.63) is 34.3 Å². The van der Waals surface area contributed by atoms with E-state index in [9.17, 15) is 0 Å². The largest absolute Gasteiger partial charge is 0.382 e. The second-order valence-corrected chi connectivity index (χ2v) is 5.46. The van der Waals surface area contributed by atoms with Gasteiger partial charge in [-0.1, -0.05) is 31.5 Å². The van der Waals surface area contributed by atoms with Crippen molar-refractivity contribution in [1.82, 2.24) is 10.2 Å². The van der Waals surface area contributed by atoms with Crippen LogP contribution in [0.25, 0.3) is 11.3 Å². The monoisotopic (exact) mass is 263 g/mol. The van der Waals surface area contributed by atoms with Gasteiger partial charge in [-0.2, -0.15) is 5.10 Å². The van der Waals surface area contributed by atoms with Crippen LogP contribution >= 0.6 is 11.6 Å². The molecule has 3 nitrogen and oxygen atoms in total. The first kappa shape index (κ1) is 13.0. The highest BCUT2D eigenvalue weighted by atomic mass is 35.5. The molecule has 0 radical (unpaired) electrons. The molecule has 2 aromatic rings. The van der Waals surface area contributed by atoms with Gasteiger partial charge in [-0.05, 0) is 37.0 Å². The number of rotatable bonds is 3. The number of H-pyrrole nitrogens is 1. The zero-order chi connectivity index (χ0) is 13.3. The van der Waals surface area contributed by atoms with Crippen LogP contribution in [0.15, 0.2) is 18.2 Å². The third-order valence-corrected chi connectivity index (χ3v) is 3.22. The molecule has 1 heterocycles. The number of benzene rings is 1. The fourth-order valence-corrected chi connectivity index (χ4v) is 2.25. The van der Waals surface area contributed by atoms with E-state index >= 15 is 0 Å². The standard InChI is InChI=1S/C14H18ClN3/c1-8(2)6-12-13(17-18-14(12)16)11-7-10(15)5-4-9(11)3/h4-5,7-8H,6H2,1-3H3,(H3,16,17,18). The molecule has 1 aromatic carbocycles. The lowest BCUT2D eigenvalue weighted by Crippen LogP contribution is -1.99. The quantitative estimate of drug-likeness (QED) is 0.885. The Hall–Kier alpha value is -1.48. The molecule has 0 aliphatic rings. The zero-order valence-electron chi connectivity index (χ0n) is 10.9. The van der Waals surface area contributed by atoms with Gasteiger partial charge in [-0.3, -0.25) is 5.10 Å². The Morgan fingerprint density at radius 2 is 2.11 bits per heavy atom. The highest BCUT2D eigenvalue weighted by molar-refractivity contribution is 6.30. The van der Waals surface area contributed by atoms with Crippen molar-refractivity contribution in [3.8, 4) is 11.3 Å². The van der Waals surface area contributed by atoms with Crippen molar-refractivity contribution >= 4 is 17.4 Å². The molecule has 18 heavy (non-hydrogen) atoms. The van der Waals surface area contributed by atoms with Crippen LogP contribution in [0.4, 0.5) is 5.82 Å². The number of halogens is 1. The van der Waals surface area contributed by atoms with Gasteiger partial charge < -0.3 is 5.73 Å². The Bertz CT molecular complexity index is 558. The zero-order valence-corrected chi connectivity index (χ0v) is 11.7. The number of nitrogens with two attached hydrogens (primary N) is 1. The van der Waals surface area contributed by atoms with Gasteiger partial charge >= 0.3 is 0 Å². The average molecular weight is 264 g/mol. The molecular weight excluding hydrogens is 246 g/mol. The van der Waals surface area contributed by atoms with Gasteiger partial charge in [0, 0.05) is 16.1 Å². The number of aryl methyl sites for hydroxylation is 1. The molecule has 0 aliphatic heterocycles. The van der Waals surface area contributed by atoms with E-state index in [1.807, 2.05) is 18.2 Å². The van der Waals surface area contributed by atoms with E-state index in [1.165, 1.54) is 0 Å². The molecule has 0 unspecified atom stereocenters. The molecule has 0 saturated carbocycles. The molecule has 96 valence electrons. The van der Waals surface area contributed by atoms with Gasteiger partial charge in [0.1, 0.15) is 5.82 Å². The molecule has 0 fully saturated rings. The summed E-state index contributed by atoms with van der Waals surface area (Å²) >= 11 is 6.07. The Kier molecular flexibility index (Phi) is 3.62. The fourth-order valence-electron chi connectivity index (χ4n) is 2.08. The summed E-state index contributed by atoms with van der Waals surface area (Å²) < 4.78 is 0. The van der Waals surface area contributed by atoms with Crippen LogP contribution in [0.5, 0.6) is 0 Å². The Morgan fingerprint density at radius 3 is 2.78 bits per heavy atom. The Labute approximate surface area is 112 Å². The average Bonchev–Trinajstić information content (AvgIpc) is 2.64. The van der Waals surface area contributed by atoms with Crippen LogP contribution in [-0.4, -0.2) is 10.2 Å². The highest BCUT2D eigenvalue weighted by Gasteiger charge is 2.15. The second-order valence-electron chi connectivity index (χ2n) is 5.02. The van der Waals surface area contributed by atoms with E-state index in [2.05, 4.69) is 31.0 Å². The summed E-state index contributed by atoms with van der Waals surface area (Å²) in [5.41, 5.74) is 10.2. The van der Waals surface area contributed by atoms with Gasteiger partial charge in [0.2, 0.25) is 0 Å². The van der Waals surface area contributed by atoms with Gasteiger partial charge in [-0.25, -0.2) is 0 Å². The van der Waals surface area contributed by atoms with Crippen molar-refractivity contribution in [2.45, 2.75) is 27.2 Å². The summed E-state index contributed by atoms with van der Waals surface area (Å²) in [4.78, 5) is 0. The summed E-state index contributed by atoms with van der Waals surface area (Å²) in [6.07, 6.45) is 0.906. The minimum atomic E-state index is 0.531. The number of nitrogens with one attached hydrogen (secondary N) is 1. The van der Waals surface area contributed by atoms with Crippen molar-refractivity contribution in [1.29, 1.82) is 0 Å². The lowest BCUT2D eigenvalue weighted by atomic mass is 9.97. The van der Waals surface area contributed by atoms with Gasteiger partial charge in [0.15, 0.2) is 0 Å². The van der Waals surface area contributed by atoms with E-state index in [4.69, 9.17) is 17.3 Å². The Morgan fingerprint density at radius 1 is 1.39 bits per heavy atom. The third-order valence-electron chi connectivity index (χ3n) is 2.98. The normalized spacial score (nSPS) is 11.2. The fraction of sp³-hybridized carbons (Fsp3) is 0.357. The minimum Gasteiger partial charge on any atom is -0.382 e. The van der Waals surface area contributed by atoms with E-state index in [1.54, 1.807) is 0 Å². The van der Waals surface area contributed by atoms with E-state index in [-0.39, 0.29) is 0 Å². The van der Waals surface area contributed by atoms with E-state index in [0.29, 0.717) is 11.7 Å². The maximum atomic E-state index is 6.07. The van der Waals surface area contributed by atoms with Gasteiger partial charge in [0.25, 0.3) is 0 Å². The maximum absolute atomic E-state index is 6.07. The summed E-state index contributed by atoms with van der Waals surface area (Å²) in [5.74, 6) is 1.11. The second kappa shape index (κ2) is 5.02. The summed E-state index contributed by atoms with van der Waals surface area (Å²) in [5, 5.41) is 7.88. The van der Waals surface area contributed by atoms with Crippen molar-refractivity contribution < 1.29 is 0 Å². The van der Waals surface area contributed by atoms with Crippen LogP contribution in [0.3, 0.4) is 0 Å². The summed E-state index contributed by atoms with van der Waals surface area (Å²) in [7, 11) is 0. The summed E-state index contributed by atoms with van der Waals surface area (Å²) in [6.45, 7) is 6.39. The number of anilines is 1. The van der Waals surface area contributed by atoms with Crippen LogP contribution < -0.4 is 5.73 Å². The van der Waals surface area contributed by atoms with E-state index in [0.717, 1.165) is 33.8 Å². The molecule has 0 spiro atoms. The molecule has 2 rings (SSSR count). The van der Waals surface area contributed by atoms with Gasteiger partial charge in [0.05, 0.1) is 5.69 Å². The molecule has 0 bridgehead atoms. The number of nitrogen functional groups attached to an aromatic ring is 1. The highest BCUT2D eigenvalue weighted by Crippen LogP contribution is 2.31. The molecule has 0 atom stereocenters. The maximum Gasteiger partial charge on any atom is 0.149 e. The number of hydrogen-bond donors (Lipinski definition) is 2. The van der Waals surface area contributed by atoms with Crippen LogP contribution in [-0.2, 0) is 6.42 Å². The summed E-state index contributed by atoms with van der Waals surface area (Å²) in [6, 6.07) is 5.85. The first-order chi connectivity index (χ1) is 8.49. The molecule has 4 heteroatoms. The lowest BCUT2D eigenvalue weighted by Gasteiger charge is -2.09. The number of aromatic nitrogens is 2. The number of hydrogen-bond acceptors (Lipinski definition) is 2. The molecule has 1 aromatic heterocycles. The molecule has 3 N–H and O–H groups in total. The van der Waals surface area contributed by atoms with Crippen LogP contribution in [0.2, 0.25) is 5.02 Å². The first-order valence-electron chi connectivity index (χ1n) is 6.08. The number of nitrogens with zero attached hydrogens (tertiary/aromatic N) is 1. The molecular formula is C14H18ClN3. The predicted octanol–water partition coefficient (Wildman–Crippen LogP) is 3.82. The van der Waals surface area contributed by atoms with E-state index < -0.39 is 0 Å². The van der Waals surface area contributed by atoms with Crippen molar-refractivity contribution in [2.75, 3.05) is 5.73 Å². The minimum absolute atomic E-state index is 0.531. The number of aromatic amines is 1. The molecule has 0 amide bonds. The first-order valence-corrected chi connectivity index (χ1v) is 6.46. The third kappa shape index (κ3) is 2.51. The Balaban J connectivity index is 2.53. The van der Waals surface area contributed by atoms with Crippen molar-refractivity contribution in [3.63, 3.8) is 0 Å². The van der Waals surface area contributed by atoms with Crippen LogP contribution in [0.1, 0.15) is 25.0 Å². The van der Waals surface area contributed by atoms with Crippen LogP contribution in [0, 0.1) is 12.8 Å². The lowest BCUT2D eigenvalue weighted by molar-refractivity contribution is 0.649. The predicted molar refractivity (Wildman–Crippen MR) is 76.7 cm³/mol. The topological polar surface area (TPSA) is 54.7 Å². The molecule has 0 aliphatic carbocycles. The SMILES string of the molecule is Cc1ccc(Cl)cc1-c1[nH]nc(N)c1CC(C)C. The van der Waals surface area contributed by atoms with Crippen molar-refractivity contribution in [2.24, 2.45) is 5.92 Å².